The molecule has 1 heterocycles. The summed E-state index contributed by atoms with van der Waals surface area (Å²) < 4.78 is 1.64. The molecule has 0 amide bonds. The Kier molecular flexibility index (Phi) is 16.5. The third kappa shape index (κ3) is 10.0. The number of hydrogen-bond acceptors (Lipinski definition) is 0. The van der Waals surface area contributed by atoms with Crippen LogP contribution in [0.4, 0.5) is 0 Å². The molecule has 0 aromatic heterocycles. The molecule has 0 N–H and O–H groups in total. The van der Waals surface area contributed by atoms with Gasteiger partial charge in [-0.3, -0.25) is 0 Å². The number of rotatable bonds is 22. The van der Waals surface area contributed by atoms with Crippen LogP contribution in [0.3, 0.4) is 0 Å². The highest BCUT2D eigenvalue weighted by molar-refractivity contribution is 5.83. The van der Waals surface area contributed by atoms with Gasteiger partial charge in [0.05, 0.1) is 0 Å². The normalized spacial score (nSPS) is 13.5. The van der Waals surface area contributed by atoms with Crippen molar-refractivity contribution >= 4 is 11.4 Å². The van der Waals surface area contributed by atoms with Crippen LogP contribution in [0.25, 0.3) is 16.9 Å². The van der Waals surface area contributed by atoms with Crippen molar-refractivity contribution in [2.45, 2.75) is 184 Å². The number of hydrogen-bond donors (Lipinski definition) is 0. The summed E-state index contributed by atoms with van der Waals surface area (Å²) in [5.41, 5.74) is 28.4. The van der Waals surface area contributed by atoms with Crippen molar-refractivity contribution in [1.29, 1.82) is 0 Å². The summed E-state index contributed by atoms with van der Waals surface area (Å²) in [6.45, 7) is 18.2. The Morgan fingerprint density at radius 2 is 0.848 bits per heavy atom. The maximum atomic E-state index is 12.4. The van der Waals surface area contributed by atoms with Crippen LogP contribution in [-0.2, 0) is 19.3 Å². The van der Waals surface area contributed by atoms with Crippen molar-refractivity contribution in [2.75, 3.05) is 0 Å². The van der Waals surface area contributed by atoms with E-state index in [-0.39, 0.29) is 0 Å². The Morgan fingerprint density at radius 1 is 0.457 bits per heavy atom. The van der Waals surface area contributed by atoms with E-state index in [0.717, 1.165) is 55.5 Å². The fraction of sp³-hybridized carbons (Fsp3) is 0.636. The van der Waals surface area contributed by atoms with Gasteiger partial charge in [-0.1, -0.05) is 98.8 Å². The third-order valence-electron chi connectivity index (χ3n) is 10.5. The predicted octanol–water partition coefficient (Wildman–Crippen LogP) is 14.1. The van der Waals surface area contributed by atoms with Gasteiger partial charge < -0.3 is 5.53 Å². The van der Waals surface area contributed by atoms with E-state index in [2.05, 4.69) is 79.7 Å². The zero-order valence-electron chi connectivity index (χ0n) is 31.3. The topological polar surface area (TPSA) is 25.3 Å². The second kappa shape index (κ2) is 20.0. The summed E-state index contributed by atoms with van der Waals surface area (Å²) in [6, 6.07) is 9.65. The molecule has 0 saturated carbocycles. The van der Waals surface area contributed by atoms with Crippen LogP contribution in [0.2, 0.25) is 0 Å². The largest absolute Gasteiger partial charge is 0.493 e. The summed E-state index contributed by atoms with van der Waals surface area (Å²) in [4.78, 5) is 0. The summed E-state index contributed by atoms with van der Waals surface area (Å²) in [7, 11) is 0. The molecule has 2 aromatic carbocycles. The maximum absolute atomic E-state index is 12.4. The molecule has 0 fully saturated rings. The Bertz CT molecular complexity index is 1280. The van der Waals surface area contributed by atoms with Gasteiger partial charge in [0.1, 0.15) is 0 Å². The van der Waals surface area contributed by atoms with E-state index in [1.54, 1.807) is 21.4 Å². The lowest BCUT2D eigenvalue weighted by Crippen LogP contribution is -2.08. The first kappa shape index (κ1) is 38.0. The van der Waals surface area contributed by atoms with Crippen molar-refractivity contribution in [3.63, 3.8) is 0 Å². The zero-order chi connectivity index (χ0) is 33.5. The maximum Gasteiger partial charge on any atom is 0.211 e. The number of unbranched alkanes of at least 4 members (excludes halogenated alkanes) is 10. The molecule has 2 aromatic rings. The molecule has 0 aliphatic carbocycles. The van der Waals surface area contributed by atoms with Crippen LogP contribution in [0.5, 0.6) is 0 Å². The molecule has 0 bridgehead atoms. The summed E-state index contributed by atoms with van der Waals surface area (Å²) in [6.07, 6.45) is 24.1. The lowest BCUT2D eigenvalue weighted by atomic mass is 9.86. The summed E-state index contributed by atoms with van der Waals surface area (Å²) in [5.74, 6) is 0. The van der Waals surface area contributed by atoms with E-state index in [0.29, 0.717) is 0 Å². The molecular weight excluding hydrogens is 556 g/mol. The van der Waals surface area contributed by atoms with Gasteiger partial charge in [0.15, 0.2) is 0 Å². The SMILES string of the molecule is CCCCCCC1=C(c2cc(CCCCC)c(CCCCC)c(CCCCC)c2)[N+](=[N-])C(c2cc(C)c(C)c(C)c2)=C1CCCC. The molecule has 254 valence electrons. The first-order chi connectivity index (χ1) is 22.3. The number of allylic oxidation sites excluding steroid dienone is 2. The number of aryl methyl sites for hydroxylation is 4. The van der Waals surface area contributed by atoms with Crippen molar-refractivity contribution in [3.8, 4) is 0 Å². The van der Waals surface area contributed by atoms with Crippen molar-refractivity contribution in [3.05, 3.63) is 85.5 Å². The smallest absolute Gasteiger partial charge is 0.211 e. The quantitative estimate of drug-likeness (QED) is 0.0920. The molecule has 0 radical (unpaired) electrons. The fourth-order valence-electron chi connectivity index (χ4n) is 7.42. The molecule has 0 spiro atoms. The highest BCUT2D eigenvalue weighted by Crippen LogP contribution is 2.46. The monoisotopic (exact) mass is 625 g/mol. The second-order valence-corrected chi connectivity index (χ2v) is 14.3. The van der Waals surface area contributed by atoms with E-state index in [1.165, 1.54) is 123 Å². The second-order valence-electron chi connectivity index (χ2n) is 14.3. The van der Waals surface area contributed by atoms with Gasteiger partial charge in [0.25, 0.3) is 0 Å². The van der Waals surface area contributed by atoms with Crippen LogP contribution in [0.1, 0.15) is 188 Å². The van der Waals surface area contributed by atoms with Crippen molar-refractivity contribution in [2.24, 2.45) is 0 Å². The Morgan fingerprint density at radius 3 is 1.33 bits per heavy atom. The predicted molar refractivity (Wildman–Crippen MR) is 203 cm³/mol. The first-order valence-electron chi connectivity index (χ1n) is 19.5. The van der Waals surface area contributed by atoms with E-state index >= 15 is 0 Å². The molecule has 2 nitrogen and oxygen atoms in total. The molecule has 46 heavy (non-hydrogen) atoms. The molecular formula is C44H68N2. The minimum atomic E-state index is 1.02. The average molecular weight is 625 g/mol. The van der Waals surface area contributed by atoms with Crippen LogP contribution in [0.15, 0.2) is 35.4 Å². The van der Waals surface area contributed by atoms with Gasteiger partial charge in [-0.05, 0) is 143 Å². The first-order valence-corrected chi connectivity index (χ1v) is 19.5. The Balaban J connectivity index is 2.27. The van der Waals surface area contributed by atoms with Gasteiger partial charge in [-0.25, -0.2) is 4.70 Å². The van der Waals surface area contributed by atoms with Crippen molar-refractivity contribution in [1.82, 2.24) is 0 Å². The van der Waals surface area contributed by atoms with Gasteiger partial charge >= 0.3 is 0 Å². The molecule has 1 aliphatic heterocycles. The van der Waals surface area contributed by atoms with Crippen molar-refractivity contribution < 1.29 is 4.70 Å². The number of nitrogens with zero attached hydrogens (tertiary/aromatic N) is 2. The van der Waals surface area contributed by atoms with E-state index in [9.17, 15) is 5.53 Å². The number of benzene rings is 2. The highest BCUT2D eigenvalue weighted by Gasteiger charge is 2.36. The fourth-order valence-corrected chi connectivity index (χ4v) is 7.42. The molecule has 0 atom stereocenters. The Labute approximate surface area is 284 Å². The van der Waals surface area contributed by atoms with Gasteiger partial charge in [0, 0.05) is 22.3 Å². The van der Waals surface area contributed by atoms with Crippen LogP contribution in [-0.4, -0.2) is 4.70 Å². The molecule has 1 aliphatic rings. The minimum absolute atomic E-state index is 1.02. The lowest BCUT2D eigenvalue weighted by molar-refractivity contribution is -0.345. The standard InChI is InChI=1S/C44H68N2/c1-9-14-19-23-28-42-41(26-18-13-5)43(38-29-33(6)35(8)34(7)30-38)46(45)44(42)39-31-36(24-20-15-10-2)40(27-22-17-12-4)37(32-39)25-21-16-11-3/h29-32H,9-28H2,1-8H3. The average Bonchev–Trinajstić information content (AvgIpc) is 3.32. The van der Waals surface area contributed by atoms with Gasteiger partial charge in [-0.15, -0.1) is 0 Å². The summed E-state index contributed by atoms with van der Waals surface area (Å²) in [5, 5.41) is 0. The van der Waals surface area contributed by atoms with E-state index in [1.807, 2.05) is 0 Å². The zero-order valence-corrected chi connectivity index (χ0v) is 31.3. The molecule has 2 heteroatoms. The lowest BCUT2D eigenvalue weighted by Gasteiger charge is -2.19. The van der Waals surface area contributed by atoms with Gasteiger partial charge in [-0.2, -0.15) is 0 Å². The van der Waals surface area contributed by atoms with E-state index < -0.39 is 0 Å². The van der Waals surface area contributed by atoms with E-state index in [4.69, 9.17) is 0 Å². The molecule has 0 saturated heterocycles. The van der Waals surface area contributed by atoms with Crippen LogP contribution < -0.4 is 0 Å². The highest BCUT2D eigenvalue weighted by atomic mass is 15.2. The van der Waals surface area contributed by atoms with Crippen LogP contribution >= 0.6 is 0 Å². The van der Waals surface area contributed by atoms with Crippen LogP contribution in [0, 0.1) is 20.8 Å². The minimum Gasteiger partial charge on any atom is -0.493 e. The van der Waals surface area contributed by atoms with Gasteiger partial charge in [0.2, 0.25) is 11.4 Å². The Hall–Kier alpha value is -2.48. The third-order valence-corrected chi connectivity index (χ3v) is 10.5. The molecule has 0 unspecified atom stereocenters. The molecule has 3 rings (SSSR count). The summed E-state index contributed by atoms with van der Waals surface area (Å²) >= 11 is 0.